The molecule has 0 saturated carbocycles. The summed E-state index contributed by atoms with van der Waals surface area (Å²) in [5, 5.41) is 6.58. The molecule has 0 radical (unpaired) electrons. The molecule has 1 unspecified atom stereocenters. The summed E-state index contributed by atoms with van der Waals surface area (Å²) in [5.41, 5.74) is 3.98. The molecule has 2 amide bonds. The Bertz CT molecular complexity index is 1040. The Morgan fingerprint density at radius 3 is 2.89 bits per heavy atom. The quantitative estimate of drug-likeness (QED) is 0.736. The number of fused-ring (bicyclic) bond motifs is 2. The van der Waals surface area contributed by atoms with Crippen LogP contribution in [0.25, 0.3) is 11.0 Å². The van der Waals surface area contributed by atoms with E-state index in [0.29, 0.717) is 17.1 Å². The van der Waals surface area contributed by atoms with Gasteiger partial charge in [-0.15, -0.1) is 0 Å². The molecule has 3 aromatic rings. The highest BCUT2D eigenvalue weighted by molar-refractivity contribution is 6.00. The summed E-state index contributed by atoms with van der Waals surface area (Å²) in [6.07, 6.45) is 2.24. The molecule has 2 N–H and O–H groups in total. The van der Waals surface area contributed by atoms with Gasteiger partial charge < -0.3 is 19.8 Å². The maximum Gasteiger partial charge on any atom is 0.265 e. The van der Waals surface area contributed by atoms with Gasteiger partial charge in [0.05, 0.1) is 18.4 Å². The zero-order chi connectivity index (χ0) is 19.0. The Morgan fingerprint density at radius 1 is 1.22 bits per heavy atom. The van der Waals surface area contributed by atoms with Gasteiger partial charge in [0.2, 0.25) is 5.91 Å². The Morgan fingerprint density at radius 2 is 2.07 bits per heavy atom. The van der Waals surface area contributed by atoms with Gasteiger partial charge in [0.1, 0.15) is 11.3 Å². The number of carbonyl (C=O) groups is 2. The van der Waals surface area contributed by atoms with Crippen LogP contribution >= 0.6 is 0 Å². The summed E-state index contributed by atoms with van der Waals surface area (Å²) in [6.45, 7) is 3.78. The van der Waals surface area contributed by atoms with E-state index >= 15 is 0 Å². The minimum absolute atomic E-state index is 0.159. The van der Waals surface area contributed by atoms with Crippen LogP contribution in [0.2, 0.25) is 0 Å². The molecule has 138 valence electrons. The van der Waals surface area contributed by atoms with Crippen LogP contribution in [-0.4, -0.2) is 17.9 Å². The summed E-state index contributed by atoms with van der Waals surface area (Å²) in [6, 6.07) is 11.2. The zero-order valence-corrected chi connectivity index (χ0v) is 15.2. The number of benzene rings is 2. The third-order valence-corrected chi connectivity index (χ3v) is 4.67. The van der Waals surface area contributed by atoms with E-state index in [9.17, 15) is 9.59 Å². The number of amides is 2. The molecule has 0 saturated heterocycles. The molecule has 1 aromatic heterocycles. The maximum absolute atomic E-state index is 12.5. The number of nitrogens with one attached hydrogen (secondary N) is 2. The highest BCUT2D eigenvalue weighted by Gasteiger charge is 2.23. The van der Waals surface area contributed by atoms with Crippen LogP contribution in [0, 0.1) is 0 Å². The van der Waals surface area contributed by atoms with Crippen molar-refractivity contribution >= 4 is 34.2 Å². The Labute approximate surface area is 156 Å². The molecule has 1 atom stereocenters. The number of anilines is 2. The summed E-state index contributed by atoms with van der Waals surface area (Å²) >= 11 is 0. The van der Waals surface area contributed by atoms with Gasteiger partial charge >= 0.3 is 0 Å². The van der Waals surface area contributed by atoms with Crippen LogP contribution in [-0.2, 0) is 22.4 Å². The number of rotatable bonds is 4. The van der Waals surface area contributed by atoms with E-state index in [1.807, 2.05) is 18.2 Å². The van der Waals surface area contributed by atoms with Gasteiger partial charge in [-0.1, -0.05) is 19.1 Å². The van der Waals surface area contributed by atoms with E-state index in [1.165, 1.54) is 5.56 Å². The molecule has 6 heteroatoms. The first-order chi connectivity index (χ1) is 13.0. The van der Waals surface area contributed by atoms with E-state index in [2.05, 4.69) is 17.6 Å². The van der Waals surface area contributed by atoms with Crippen molar-refractivity contribution in [2.75, 3.05) is 10.6 Å². The first-order valence-electron chi connectivity index (χ1n) is 8.94. The Kier molecular flexibility index (Phi) is 4.32. The number of ether oxygens (including phenoxy) is 1. The molecule has 4 rings (SSSR count). The highest BCUT2D eigenvalue weighted by Crippen LogP contribution is 2.32. The van der Waals surface area contributed by atoms with E-state index in [1.54, 1.807) is 31.4 Å². The molecular formula is C21H20N2O4. The lowest BCUT2D eigenvalue weighted by molar-refractivity contribution is -0.122. The van der Waals surface area contributed by atoms with Crippen molar-refractivity contribution in [3.05, 3.63) is 53.8 Å². The van der Waals surface area contributed by atoms with Crippen molar-refractivity contribution in [1.29, 1.82) is 0 Å². The summed E-state index contributed by atoms with van der Waals surface area (Å²) in [7, 11) is 0. The van der Waals surface area contributed by atoms with Crippen molar-refractivity contribution in [3.63, 3.8) is 0 Å². The monoisotopic (exact) mass is 364 g/mol. The number of carbonyl (C=O) groups excluding carboxylic acids is 2. The van der Waals surface area contributed by atoms with E-state index < -0.39 is 6.10 Å². The molecule has 0 spiro atoms. The van der Waals surface area contributed by atoms with Crippen molar-refractivity contribution in [2.45, 2.75) is 32.8 Å². The smallest absolute Gasteiger partial charge is 0.265 e. The zero-order valence-electron chi connectivity index (χ0n) is 15.2. The van der Waals surface area contributed by atoms with Crippen LogP contribution < -0.4 is 15.4 Å². The number of furan rings is 1. The summed E-state index contributed by atoms with van der Waals surface area (Å²) in [5.74, 6) is 0.226. The average molecular weight is 364 g/mol. The second-order valence-electron chi connectivity index (χ2n) is 6.63. The summed E-state index contributed by atoms with van der Waals surface area (Å²) in [4.78, 5) is 24.2. The molecular weight excluding hydrogens is 344 g/mol. The molecule has 0 aliphatic carbocycles. The Balaban J connectivity index is 1.49. The number of hydrogen-bond acceptors (Lipinski definition) is 4. The normalized spacial score (nSPS) is 15.8. The van der Waals surface area contributed by atoms with Crippen LogP contribution in [0.15, 0.2) is 47.1 Å². The Hall–Kier alpha value is -3.28. The standard InChI is InChI=1S/C21H20N2O4/c1-3-13-4-6-16-14(11-26-19(16)8-13)9-20(24)22-15-5-7-18-17(10-15)23-21(25)12(2)27-18/h4-8,10-12H,3,9H2,1-2H3,(H,22,24)(H,23,25). The lowest BCUT2D eigenvalue weighted by Gasteiger charge is -2.23. The summed E-state index contributed by atoms with van der Waals surface area (Å²) < 4.78 is 11.1. The number of aryl methyl sites for hydroxylation is 1. The molecule has 6 nitrogen and oxygen atoms in total. The van der Waals surface area contributed by atoms with Crippen molar-refractivity contribution in [2.24, 2.45) is 0 Å². The van der Waals surface area contributed by atoms with Gasteiger partial charge in [-0.25, -0.2) is 0 Å². The van der Waals surface area contributed by atoms with E-state index in [0.717, 1.165) is 23.0 Å². The second-order valence-corrected chi connectivity index (χ2v) is 6.63. The molecule has 0 bridgehead atoms. The van der Waals surface area contributed by atoms with Crippen molar-refractivity contribution < 1.29 is 18.7 Å². The fraction of sp³-hybridized carbons (Fsp3) is 0.238. The second kappa shape index (κ2) is 6.79. The van der Waals surface area contributed by atoms with Crippen LogP contribution in [0.3, 0.4) is 0 Å². The predicted octanol–water partition coefficient (Wildman–Crippen LogP) is 3.90. The third kappa shape index (κ3) is 3.38. The average Bonchev–Trinajstić information content (AvgIpc) is 3.04. The molecule has 27 heavy (non-hydrogen) atoms. The third-order valence-electron chi connectivity index (χ3n) is 4.67. The van der Waals surface area contributed by atoms with Gasteiger partial charge in [-0.2, -0.15) is 0 Å². The molecule has 2 aromatic carbocycles. The van der Waals surface area contributed by atoms with E-state index in [4.69, 9.17) is 9.15 Å². The largest absolute Gasteiger partial charge is 0.479 e. The van der Waals surface area contributed by atoms with Crippen LogP contribution in [0.5, 0.6) is 5.75 Å². The van der Waals surface area contributed by atoms with Crippen molar-refractivity contribution in [3.8, 4) is 5.75 Å². The first-order valence-corrected chi connectivity index (χ1v) is 8.94. The topological polar surface area (TPSA) is 80.6 Å². The van der Waals surface area contributed by atoms with Gasteiger partial charge in [-0.3, -0.25) is 9.59 Å². The fourth-order valence-corrected chi connectivity index (χ4v) is 3.15. The lowest BCUT2D eigenvalue weighted by Crippen LogP contribution is -2.34. The van der Waals surface area contributed by atoms with Crippen molar-refractivity contribution in [1.82, 2.24) is 0 Å². The van der Waals surface area contributed by atoms with Crippen LogP contribution in [0.1, 0.15) is 25.0 Å². The maximum atomic E-state index is 12.5. The van der Waals surface area contributed by atoms with Crippen LogP contribution in [0.4, 0.5) is 11.4 Å². The molecule has 0 fully saturated rings. The predicted molar refractivity (Wildman–Crippen MR) is 103 cm³/mol. The van der Waals surface area contributed by atoms with E-state index in [-0.39, 0.29) is 18.2 Å². The SMILES string of the molecule is CCc1ccc2c(CC(=O)Nc3ccc4c(c3)NC(=O)C(C)O4)coc2c1. The fourth-order valence-electron chi connectivity index (χ4n) is 3.15. The molecule has 1 aliphatic rings. The first kappa shape index (κ1) is 17.1. The highest BCUT2D eigenvalue weighted by atomic mass is 16.5. The van der Waals surface area contributed by atoms with Gasteiger partial charge in [-0.05, 0) is 43.2 Å². The van der Waals surface area contributed by atoms with Gasteiger partial charge in [0.25, 0.3) is 5.91 Å². The molecule has 1 aliphatic heterocycles. The minimum atomic E-state index is -0.527. The number of hydrogen-bond donors (Lipinski definition) is 2. The van der Waals surface area contributed by atoms with Gasteiger partial charge in [0, 0.05) is 16.6 Å². The minimum Gasteiger partial charge on any atom is -0.479 e. The van der Waals surface area contributed by atoms with Gasteiger partial charge in [0.15, 0.2) is 6.10 Å². The lowest BCUT2D eigenvalue weighted by atomic mass is 10.1. The molecule has 2 heterocycles.